The number of amides is 1. The SMILES string of the molecule is CCCOc1ccc(/C=C(\C#N)C(=O)NC2CC2)c(OCCC)c1. The average Bonchev–Trinajstić information content (AvgIpc) is 3.40. The summed E-state index contributed by atoms with van der Waals surface area (Å²) in [6.07, 6.45) is 5.34. The number of ether oxygens (including phenoxy) is 2. The third kappa shape index (κ3) is 5.31. The molecule has 1 aliphatic carbocycles. The molecule has 24 heavy (non-hydrogen) atoms. The molecule has 1 aliphatic rings. The lowest BCUT2D eigenvalue weighted by Crippen LogP contribution is -2.26. The molecule has 0 aliphatic heterocycles. The summed E-state index contributed by atoms with van der Waals surface area (Å²) in [6, 6.07) is 7.65. The molecule has 5 nitrogen and oxygen atoms in total. The molecule has 0 spiro atoms. The first-order chi connectivity index (χ1) is 11.7. The average molecular weight is 328 g/mol. The van der Waals surface area contributed by atoms with E-state index in [1.54, 1.807) is 6.08 Å². The number of benzene rings is 1. The molecule has 0 unspecified atom stereocenters. The summed E-state index contributed by atoms with van der Waals surface area (Å²) in [5.41, 5.74) is 0.792. The molecule has 1 aromatic rings. The van der Waals surface area contributed by atoms with Crippen LogP contribution in [-0.2, 0) is 4.79 Å². The first-order valence-corrected chi connectivity index (χ1v) is 8.50. The second-order valence-corrected chi connectivity index (χ2v) is 5.81. The lowest BCUT2D eigenvalue weighted by molar-refractivity contribution is -0.117. The van der Waals surface area contributed by atoms with E-state index in [1.165, 1.54) is 0 Å². The molecule has 128 valence electrons. The molecule has 1 saturated carbocycles. The third-order valence-electron chi connectivity index (χ3n) is 3.50. The van der Waals surface area contributed by atoms with Crippen molar-refractivity contribution in [1.29, 1.82) is 5.26 Å². The van der Waals surface area contributed by atoms with Crippen LogP contribution in [0.2, 0.25) is 0 Å². The van der Waals surface area contributed by atoms with Crippen LogP contribution < -0.4 is 14.8 Å². The van der Waals surface area contributed by atoms with Crippen LogP contribution in [0.15, 0.2) is 23.8 Å². The largest absolute Gasteiger partial charge is 0.493 e. The van der Waals surface area contributed by atoms with Crippen LogP contribution in [0, 0.1) is 11.3 Å². The molecule has 0 bridgehead atoms. The number of nitriles is 1. The third-order valence-corrected chi connectivity index (χ3v) is 3.50. The maximum Gasteiger partial charge on any atom is 0.262 e. The fourth-order valence-corrected chi connectivity index (χ4v) is 2.08. The number of hydrogen-bond donors (Lipinski definition) is 1. The van der Waals surface area contributed by atoms with Gasteiger partial charge in [0.15, 0.2) is 0 Å². The van der Waals surface area contributed by atoms with Gasteiger partial charge in [-0.25, -0.2) is 0 Å². The van der Waals surface area contributed by atoms with E-state index in [4.69, 9.17) is 9.47 Å². The second kappa shape index (κ2) is 8.97. The topological polar surface area (TPSA) is 71.3 Å². The van der Waals surface area contributed by atoms with Crippen molar-refractivity contribution in [3.63, 3.8) is 0 Å². The molecule has 0 saturated heterocycles. The van der Waals surface area contributed by atoms with Gasteiger partial charge in [-0.2, -0.15) is 5.26 Å². The highest BCUT2D eigenvalue weighted by Crippen LogP contribution is 2.28. The normalized spacial score (nSPS) is 14.0. The minimum atomic E-state index is -0.326. The van der Waals surface area contributed by atoms with Gasteiger partial charge in [0.2, 0.25) is 0 Å². The van der Waals surface area contributed by atoms with Crippen molar-refractivity contribution in [2.24, 2.45) is 0 Å². The van der Waals surface area contributed by atoms with Crippen LogP contribution in [0.3, 0.4) is 0 Å². The summed E-state index contributed by atoms with van der Waals surface area (Å²) in [5, 5.41) is 12.1. The fraction of sp³-hybridized carbons (Fsp3) is 0.474. The van der Waals surface area contributed by atoms with Gasteiger partial charge in [0.1, 0.15) is 23.1 Å². The Balaban J connectivity index is 2.22. The molecule has 1 aromatic carbocycles. The first kappa shape index (κ1) is 17.9. The number of rotatable bonds is 9. The summed E-state index contributed by atoms with van der Waals surface area (Å²) in [4.78, 5) is 12.1. The van der Waals surface area contributed by atoms with E-state index >= 15 is 0 Å². The van der Waals surface area contributed by atoms with E-state index in [0.29, 0.717) is 24.5 Å². The monoisotopic (exact) mass is 328 g/mol. The van der Waals surface area contributed by atoms with Crippen molar-refractivity contribution in [3.8, 4) is 17.6 Å². The van der Waals surface area contributed by atoms with Gasteiger partial charge in [0.05, 0.1) is 13.2 Å². The van der Waals surface area contributed by atoms with Crippen LogP contribution in [0.4, 0.5) is 0 Å². The number of nitrogens with one attached hydrogen (secondary N) is 1. The predicted octanol–water partition coefficient (Wildman–Crippen LogP) is 3.45. The molecule has 1 N–H and O–H groups in total. The molecule has 1 amide bonds. The van der Waals surface area contributed by atoms with Gasteiger partial charge in [0.25, 0.3) is 5.91 Å². The molecule has 0 heterocycles. The molecule has 2 rings (SSSR count). The fourth-order valence-electron chi connectivity index (χ4n) is 2.08. The van der Waals surface area contributed by atoms with Crippen molar-refractivity contribution in [3.05, 3.63) is 29.3 Å². The quantitative estimate of drug-likeness (QED) is 0.557. The van der Waals surface area contributed by atoms with Gasteiger partial charge in [-0.3, -0.25) is 4.79 Å². The van der Waals surface area contributed by atoms with Crippen LogP contribution in [-0.4, -0.2) is 25.2 Å². The summed E-state index contributed by atoms with van der Waals surface area (Å²) >= 11 is 0. The van der Waals surface area contributed by atoms with E-state index in [1.807, 2.05) is 38.1 Å². The summed E-state index contributed by atoms with van der Waals surface area (Å²) in [7, 11) is 0. The Kier molecular flexibility index (Phi) is 6.68. The van der Waals surface area contributed by atoms with Gasteiger partial charge in [-0.15, -0.1) is 0 Å². The Bertz CT molecular complexity index is 643. The molecule has 0 atom stereocenters. The Morgan fingerprint density at radius 2 is 2.00 bits per heavy atom. The van der Waals surface area contributed by atoms with E-state index in [0.717, 1.165) is 31.4 Å². The summed E-state index contributed by atoms with van der Waals surface area (Å²) < 4.78 is 11.4. The molecule has 0 aromatic heterocycles. The minimum Gasteiger partial charge on any atom is -0.493 e. The van der Waals surface area contributed by atoms with Gasteiger partial charge in [-0.05, 0) is 43.9 Å². The van der Waals surface area contributed by atoms with E-state index in [2.05, 4.69) is 5.32 Å². The second-order valence-electron chi connectivity index (χ2n) is 5.81. The predicted molar refractivity (Wildman–Crippen MR) is 92.8 cm³/mol. The van der Waals surface area contributed by atoms with Crippen molar-refractivity contribution in [2.75, 3.05) is 13.2 Å². The van der Waals surface area contributed by atoms with Crippen molar-refractivity contribution >= 4 is 12.0 Å². The molecular formula is C19H24N2O3. The van der Waals surface area contributed by atoms with Crippen LogP contribution in [0.1, 0.15) is 45.1 Å². The van der Waals surface area contributed by atoms with E-state index < -0.39 is 0 Å². The Hall–Kier alpha value is -2.48. The highest BCUT2D eigenvalue weighted by atomic mass is 16.5. The lowest BCUT2D eigenvalue weighted by Gasteiger charge is -2.12. The highest BCUT2D eigenvalue weighted by Gasteiger charge is 2.24. The smallest absolute Gasteiger partial charge is 0.262 e. The van der Waals surface area contributed by atoms with E-state index in [-0.39, 0.29) is 17.5 Å². The van der Waals surface area contributed by atoms with Crippen LogP contribution in [0.5, 0.6) is 11.5 Å². The Morgan fingerprint density at radius 1 is 1.29 bits per heavy atom. The number of carbonyl (C=O) groups is 1. The zero-order valence-electron chi connectivity index (χ0n) is 14.3. The van der Waals surface area contributed by atoms with Crippen LogP contribution >= 0.6 is 0 Å². The Morgan fingerprint density at radius 3 is 2.62 bits per heavy atom. The molecular weight excluding hydrogens is 304 g/mol. The highest BCUT2D eigenvalue weighted by molar-refractivity contribution is 6.02. The van der Waals surface area contributed by atoms with Crippen molar-refractivity contribution in [1.82, 2.24) is 5.32 Å². The Labute approximate surface area is 143 Å². The molecule has 5 heteroatoms. The van der Waals surface area contributed by atoms with Gasteiger partial charge >= 0.3 is 0 Å². The lowest BCUT2D eigenvalue weighted by atomic mass is 10.1. The van der Waals surface area contributed by atoms with E-state index in [9.17, 15) is 10.1 Å². The van der Waals surface area contributed by atoms with Crippen molar-refractivity contribution in [2.45, 2.75) is 45.6 Å². The first-order valence-electron chi connectivity index (χ1n) is 8.50. The molecule has 0 radical (unpaired) electrons. The molecule has 1 fully saturated rings. The number of hydrogen-bond acceptors (Lipinski definition) is 4. The van der Waals surface area contributed by atoms with Crippen molar-refractivity contribution < 1.29 is 14.3 Å². The van der Waals surface area contributed by atoms with Gasteiger partial charge < -0.3 is 14.8 Å². The standard InChI is InChI=1S/C19H24N2O3/c1-3-9-23-17-8-5-14(18(12-17)24-10-4-2)11-15(13-20)19(22)21-16-6-7-16/h5,8,11-12,16H,3-4,6-7,9-10H2,1-2H3,(H,21,22)/b15-11+. The zero-order valence-corrected chi connectivity index (χ0v) is 14.3. The number of nitrogens with zero attached hydrogens (tertiary/aromatic N) is 1. The number of carbonyl (C=O) groups excluding carboxylic acids is 1. The minimum absolute atomic E-state index is 0.0884. The zero-order chi connectivity index (χ0) is 17.4. The maximum atomic E-state index is 12.1. The maximum absolute atomic E-state index is 12.1. The summed E-state index contributed by atoms with van der Waals surface area (Å²) in [6.45, 7) is 5.27. The van der Waals surface area contributed by atoms with Gasteiger partial charge in [0, 0.05) is 17.7 Å². The van der Waals surface area contributed by atoms with Crippen LogP contribution in [0.25, 0.3) is 6.08 Å². The van der Waals surface area contributed by atoms with Gasteiger partial charge in [-0.1, -0.05) is 13.8 Å². The summed E-state index contributed by atoms with van der Waals surface area (Å²) in [5.74, 6) is 1.02.